The number of para-hydroxylation sites is 2. The molecule has 3 heterocycles. The zero-order valence-electron chi connectivity index (χ0n) is 22.0. The number of aromatic nitrogens is 5. The minimum atomic E-state index is 0.646. The average molecular weight is 546 g/mol. The van der Waals surface area contributed by atoms with Gasteiger partial charge in [0.05, 0.1) is 16.7 Å². The Balaban J connectivity index is 1.27. The maximum absolute atomic E-state index is 5.00. The van der Waals surface area contributed by atoms with E-state index in [0.717, 1.165) is 49.9 Å². The van der Waals surface area contributed by atoms with Crippen LogP contribution >= 0.6 is 11.8 Å². The van der Waals surface area contributed by atoms with Crippen LogP contribution in [0.25, 0.3) is 62.0 Å². The number of fused-ring (bicyclic) bond motifs is 5. The molecule has 194 valence electrons. The third kappa shape index (κ3) is 4.29. The van der Waals surface area contributed by atoms with Gasteiger partial charge < -0.3 is 0 Å². The summed E-state index contributed by atoms with van der Waals surface area (Å²) in [5, 5.41) is 1.01. The van der Waals surface area contributed by atoms with Crippen molar-refractivity contribution in [2.45, 2.75) is 10.9 Å². The van der Waals surface area contributed by atoms with Crippen molar-refractivity contribution >= 4 is 22.8 Å². The molecule has 0 N–H and O–H groups in total. The predicted octanol–water partition coefficient (Wildman–Crippen LogP) is 8.48. The van der Waals surface area contributed by atoms with Gasteiger partial charge >= 0.3 is 0 Å². The predicted molar refractivity (Wildman–Crippen MR) is 166 cm³/mol. The molecule has 0 saturated carbocycles. The zero-order valence-corrected chi connectivity index (χ0v) is 22.8. The van der Waals surface area contributed by atoms with E-state index in [-0.39, 0.29) is 0 Å². The first-order chi connectivity index (χ1) is 20.3. The Morgan fingerprint density at radius 2 is 1.02 bits per heavy atom. The number of hydrogen-bond acceptors (Lipinski definition) is 5. The van der Waals surface area contributed by atoms with Crippen molar-refractivity contribution in [1.29, 1.82) is 0 Å². The fraction of sp³-hybridized carbons (Fsp3) is 0.0286. The van der Waals surface area contributed by atoms with Gasteiger partial charge in [0.15, 0.2) is 22.6 Å². The topological polar surface area (TPSA) is 56.5 Å². The van der Waals surface area contributed by atoms with Gasteiger partial charge in [0.1, 0.15) is 0 Å². The first-order valence-corrected chi connectivity index (χ1v) is 14.5. The molecule has 0 atom stereocenters. The highest BCUT2D eigenvalue weighted by Gasteiger charge is 2.22. The van der Waals surface area contributed by atoms with E-state index in [1.165, 1.54) is 11.1 Å². The highest BCUT2D eigenvalue weighted by atomic mass is 32.2. The molecule has 41 heavy (non-hydrogen) atoms. The van der Waals surface area contributed by atoms with Crippen molar-refractivity contribution < 1.29 is 0 Å². The Labute approximate surface area is 241 Å². The number of hydrogen-bond donors (Lipinski definition) is 0. The second-order valence-corrected chi connectivity index (χ2v) is 10.9. The van der Waals surface area contributed by atoms with Gasteiger partial charge in [-0.15, -0.1) is 0 Å². The van der Waals surface area contributed by atoms with Gasteiger partial charge in [0.2, 0.25) is 0 Å². The van der Waals surface area contributed by atoms with E-state index in [2.05, 4.69) is 89.5 Å². The summed E-state index contributed by atoms with van der Waals surface area (Å²) >= 11 is 1.77. The summed E-state index contributed by atoms with van der Waals surface area (Å²) in [5.41, 5.74) is 9.68. The maximum atomic E-state index is 5.00. The van der Waals surface area contributed by atoms with Crippen LogP contribution < -0.4 is 0 Å². The molecule has 2 aromatic heterocycles. The maximum Gasteiger partial charge on any atom is 0.174 e. The lowest BCUT2D eigenvalue weighted by atomic mass is 10.0. The SMILES string of the molecule is c1ccc(-c2ccc(-c3nc(-c4ccccc4)nc(-c4ccc5c(c4)-n4c(nc6ccccc64)SC5)n3)cc2)cc1. The first kappa shape index (κ1) is 23.8. The lowest BCUT2D eigenvalue weighted by Crippen LogP contribution is -2.07. The van der Waals surface area contributed by atoms with Crippen molar-refractivity contribution in [2.75, 3.05) is 0 Å². The summed E-state index contributed by atoms with van der Waals surface area (Å²) in [6, 6.07) is 43.7. The van der Waals surface area contributed by atoms with E-state index in [9.17, 15) is 0 Å². The zero-order chi connectivity index (χ0) is 27.2. The summed E-state index contributed by atoms with van der Waals surface area (Å²) in [6.45, 7) is 0. The summed E-state index contributed by atoms with van der Waals surface area (Å²) < 4.78 is 2.25. The molecule has 1 aliphatic rings. The number of benzene rings is 5. The van der Waals surface area contributed by atoms with E-state index in [4.69, 9.17) is 19.9 Å². The van der Waals surface area contributed by atoms with Crippen LogP contribution in [0.4, 0.5) is 0 Å². The highest BCUT2D eigenvalue weighted by molar-refractivity contribution is 7.98. The molecule has 0 spiro atoms. The van der Waals surface area contributed by atoms with Crippen molar-refractivity contribution in [3.05, 3.63) is 133 Å². The summed E-state index contributed by atoms with van der Waals surface area (Å²) in [5.74, 6) is 2.83. The van der Waals surface area contributed by atoms with Crippen molar-refractivity contribution in [3.63, 3.8) is 0 Å². The van der Waals surface area contributed by atoms with Crippen molar-refractivity contribution in [2.24, 2.45) is 0 Å². The lowest BCUT2D eigenvalue weighted by Gasteiger charge is -2.19. The minimum Gasteiger partial charge on any atom is -0.287 e. The molecule has 6 heteroatoms. The summed E-state index contributed by atoms with van der Waals surface area (Å²) in [7, 11) is 0. The van der Waals surface area contributed by atoms with Gasteiger partial charge in [-0.2, -0.15) is 0 Å². The van der Waals surface area contributed by atoms with Gasteiger partial charge in [0.25, 0.3) is 0 Å². The summed E-state index contributed by atoms with van der Waals surface area (Å²) in [4.78, 5) is 19.8. The molecule has 0 amide bonds. The Bertz CT molecular complexity index is 2030. The highest BCUT2D eigenvalue weighted by Crippen LogP contribution is 2.38. The van der Waals surface area contributed by atoms with E-state index < -0.39 is 0 Å². The third-order valence-corrected chi connectivity index (χ3v) is 8.38. The molecule has 8 rings (SSSR count). The molecular formula is C35H23N5S. The van der Waals surface area contributed by atoms with Crippen LogP contribution in [0.2, 0.25) is 0 Å². The molecule has 0 aliphatic carbocycles. The smallest absolute Gasteiger partial charge is 0.174 e. The average Bonchev–Trinajstić information content (AvgIpc) is 3.44. The summed E-state index contributed by atoms with van der Waals surface area (Å²) in [6.07, 6.45) is 0. The van der Waals surface area contributed by atoms with Crippen LogP contribution in [0.1, 0.15) is 5.56 Å². The van der Waals surface area contributed by atoms with Gasteiger partial charge in [-0.3, -0.25) is 4.57 Å². The van der Waals surface area contributed by atoms with Crippen LogP contribution in [0.15, 0.2) is 133 Å². The van der Waals surface area contributed by atoms with Gasteiger partial charge in [-0.1, -0.05) is 121 Å². The van der Waals surface area contributed by atoms with Crippen molar-refractivity contribution in [1.82, 2.24) is 24.5 Å². The monoisotopic (exact) mass is 545 g/mol. The van der Waals surface area contributed by atoms with Crippen LogP contribution in [-0.4, -0.2) is 24.5 Å². The Morgan fingerprint density at radius 1 is 0.488 bits per heavy atom. The number of rotatable bonds is 4. The molecule has 0 radical (unpaired) electrons. The van der Waals surface area contributed by atoms with Crippen LogP contribution in [0, 0.1) is 0 Å². The van der Waals surface area contributed by atoms with Gasteiger partial charge in [-0.25, -0.2) is 19.9 Å². The molecule has 7 aromatic rings. The number of thioether (sulfide) groups is 1. The molecule has 0 unspecified atom stereocenters. The van der Waals surface area contributed by atoms with E-state index in [0.29, 0.717) is 17.5 Å². The Hall–Kier alpha value is -5.07. The van der Waals surface area contributed by atoms with E-state index >= 15 is 0 Å². The fourth-order valence-electron chi connectivity index (χ4n) is 5.30. The molecule has 1 aliphatic heterocycles. The second kappa shape index (κ2) is 9.84. The fourth-order valence-corrected chi connectivity index (χ4v) is 6.32. The van der Waals surface area contributed by atoms with Crippen LogP contribution in [0.5, 0.6) is 0 Å². The number of imidazole rings is 1. The molecular weight excluding hydrogens is 522 g/mol. The molecule has 5 nitrogen and oxygen atoms in total. The van der Waals surface area contributed by atoms with E-state index in [1.54, 1.807) is 11.8 Å². The van der Waals surface area contributed by atoms with Gasteiger partial charge in [-0.05, 0) is 34.9 Å². The van der Waals surface area contributed by atoms with E-state index in [1.807, 2.05) is 42.5 Å². The lowest BCUT2D eigenvalue weighted by molar-refractivity contribution is 0.894. The first-order valence-electron chi connectivity index (χ1n) is 13.5. The Kier molecular flexibility index (Phi) is 5.71. The standard InChI is InChI=1S/C35H23N5S/c1-3-9-23(10-4-1)24-15-17-26(18-16-24)33-37-32(25-11-5-2-6-12-25)38-34(39-33)27-19-20-28-22-41-35-36-29-13-7-8-14-30(29)40(35)31(28)21-27/h1-21H,22H2. The molecule has 0 bridgehead atoms. The van der Waals surface area contributed by atoms with Crippen molar-refractivity contribution in [3.8, 4) is 51.0 Å². The molecule has 0 saturated heterocycles. The number of nitrogens with zero attached hydrogens (tertiary/aromatic N) is 5. The van der Waals surface area contributed by atoms with Gasteiger partial charge in [0, 0.05) is 22.4 Å². The Morgan fingerprint density at radius 3 is 1.76 bits per heavy atom. The quantitative estimate of drug-likeness (QED) is 0.222. The largest absolute Gasteiger partial charge is 0.287 e. The normalized spacial score (nSPS) is 12.2. The third-order valence-electron chi connectivity index (χ3n) is 7.39. The van der Waals surface area contributed by atoms with Crippen LogP contribution in [-0.2, 0) is 5.75 Å². The molecule has 5 aromatic carbocycles. The second-order valence-electron chi connectivity index (χ2n) is 9.97. The molecule has 0 fully saturated rings. The minimum absolute atomic E-state index is 0.646. The van der Waals surface area contributed by atoms with Crippen LogP contribution in [0.3, 0.4) is 0 Å².